The minimum absolute atomic E-state index is 0.0128. The maximum absolute atomic E-state index is 11.9. The highest BCUT2D eigenvalue weighted by Crippen LogP contribution is 2.20. The molecule has 0 spiro atoms. The molecule has 0 bridgehead atoms. The number of nitrogens with zero attached hydrogens (tertiary/aromatic N) is 2. The summed E-state index contributed by atoms with van der Waals surface area (Å²) in [5, 5.41) is 1.73. The van der Waals surface area contributed by atoms with Gasteiger partial charge in [0.25, 0.3) is 5.91 Å². The first-order valence-corrected chi connectivity index (χ1v) is 6.25. The number of rotatable bonds is 4. The average molecular weight is 344 g/mol. The third kappa shape index (κ3) is 5.76. The molecule has 1 N–H and O–H groups in total. The monoisotopic (exact) mass is 343 g/mol. The smallest absolute Gasteiger partial charge is 0.345 e. The number of nitrogens with one attached hydrogen (secondary N) is 1. The lowest BCUT2D eigenvalue weighted by Crippen LogP contribution is -2.41. The first-order chi connectivity index (χ1) is 9.60. The van der Waals surface area contributed by atoms with Crippen molar-refractivity contribution in [2.24, 2.45) is 0 Å². The molecule has 116 valence electrons. The van der Waals surface area contributed by atoms with Crippen LogP contribution in [0.3, 0.4) is 0 Å². The van der Waals surface area contributed by atoms with Crippen molar-refractivity contribution >= 4 is 35.0 Å². The highest BCUT2D eigenvalue weighted by atomic mass is 35.5. The summed E-state index contributed by atoms with van der Waals surface area (Å²) < 4.78 is 35.8. The fourth-order valence-corrected chi connectivity index (χ4v) is 1.57. The molecule has 1 aromatic heterocycles. The van der Waals surface area contributed by atoms with E-state index in [-0.39, 0.29) is 15.7 Å². The highest BCUT2D eigenvalue weighted by Gasteiger charge is 2.28. The predicted molar refractivity (Wildman–Crippen MR) is 70.3 cm³/mol. The van der Waals surface area contributed by atoms with E-state index >= 15 is 0 Å². The van der Waals surface area contributed by atoms with Gasteiger partial charge < -0.3 is 10.2 Å². The molecule has 0 unspecified atom stereocenters. The summed E-state index contributed by atoms with van der Waals surface area (Å²) in [6, 6.07) is 1.25. The van der Waals surface area contributed by atoms with E-state index in [1.165, 1.54) is 13.1 Å². The summed E-state index contributed by atoms with van der Waals surface area (Å²) in [4.78, 5) is 27.8. The van der Waals surface area contributed by atoms with E-state index in [1.807, 2.05) is 0 Å². The molecule has 21 heavy (non-hydrogen) atoms. The molecule has 10 heteroatoms. The van der Waals surface area contributed by atoms with Crippen LogP contribution in [0.2, 0.25) is 10.2 Å². The molecule has 0 radical (unpaired) electrons. The maximum atomic E-state index is 11.9. The van der Waals surface area contributed by atoms with Gasteiger partial charge in [0.05, 0.1) is 17.1 Å². The van der Waals surface area contributed by atoms with Gasteiger partial charge in [-0.2, -0.15) is 13.2 Å². The quantitative estimate of drug-likeness (QED) is 0.852. The summed E-state index contributed by atoms with van der Waals surface area (Å²) >= 11 is 11.3. The van der Waals surface area contributed by atoms with Crippen LogP contribution in [0.25, 0.3) is 0 Å². The number of pyridine rings is 1. The molecule has 5 nitrogen and oxygen atoms in total. The molecular weight excluding hydrogens is 334 g/mol. The van der Waals surface area contributed by atoms with Crippen molar-refractivity contribution in [1.82, 2.24) is 15.2 Å². The van der Waals surface area contributed by atoms with Crippen molar-refractivity contribution in [2.75, 3.05) is 20.1 Å². The molecule has 0 aliphatic heterocycles. The van der Waals surface area contributed by atoms with Crippen LogP contribution >= 0.6 is 23.2 Å². The standard InChI is InChI=1S/C11H10Cl2F3N3O2/c1-19(4-8(20)18-5-11(14,15)16)10(21)6-2-7(12)9(13)17-3-6/h2-3H,4-5H2,1H3,(H,18,20). The fraction of sp³-hybridized carbons (Fsp3) is 0.364. The molecule has 0 fully saturated rings. The number of hydrogen-bond donors (Lipinski definition) is 1. The van der Waals surface area contributed by atoms with Crippen molar-refractivity contribution in [1.29, 1.82) is 0 Å². The number of aromatic nitrogens is 1. The van der Waals surface area contributed by atoms with E-state index in [9.17, 15) is 22.8 Å². The van der Waals surface area contributed by atoms with Crippen molar-refractivity contribution in [3.05, 3.63) is 28.0 Å². The molecule has 2 amide bonds. The van der Waals surface area contributed by atoms with E-state index in [0.717, 1.165) is 11.1 Å². The van der Waals surface area contributed by atoms with Crippen molar-refractivity contribution in [3.8, 4) is 0 Å². The SMILES string of the molecule is CN(CC(=O)NCC(F)(F)F)C(=O)c1cnc(Cl)c(Cl)c1. The Morgan fingerprint density at radius 3 is 2.52 bits per heavy atom. The number of halogens is 5. The molecule has 0 aliphatic rings. The number of carbonyl (C=O) groups excluding carboxylic acids is 2. The molecule has 0 aliphatic carbocycles. The zero-order valence-corrected chi connectivity index (χ0v) is 12.2. The Morgan fingerprint density at radius 1 is 1.38 bits per heavy atom. The van der Waals surface area contributed by atoms with E-state index in [4.69, 9.17) is 23.2 Å². The second kappa shape index (κ2) is 6.95. The molecule has 1 rings (SSSR count). The minimum atomic E-state index is -4.51. The van der Waals surface area contributed by atoms with Crippen LogP contribution in [0.5, 0.6) is 0 Å². The third-order valence-electron chi connectivity index (χ3n) is 2.26. The number of amides is 2. The molecular formula is C11H10Cl2F3N3O2. The van der Waals surface area contributed by atoms with Crippen LogP contribution in [-0.4, -0.2) is 48.0 Å². The Hall–Kier alpha value is -1.54. The van der Waals surface area contributed by atoms with Gasteiger partial charge in [0.2, 0.25) is 5.91 Å². The normalized spacial score (nSPS) is 11.1. The van der Waals surface area contributed by atoms with Crippen LogP contribution in [0.15, 0.2) is 12.3 Å². The lowest BCUT2D eigenvalue weighted by atomic mass is 10.2. The summed E-state index contributed by atoms with van der Waals surface area (Å²) in [6.07, 6.45) is -3.35. The van der Waals surface area contributed by atoms with Gasteiger partial charge in [0.15, 0.2) is 0 Å². The molecule has 0 aromatic carbocycles. The number of likely N-dealkylation sites (N-methyl/N-ethyl adjacent to an activating group) is 1. The molecule has 1 aromatic rings. The van der Waals surface area contributed by atoms with Crippen LogP contribution < -0.4 is 5.32 Å². The van der Waals surface area contributed by atoms with Crippen LogP contribution in [0, 0.1) is 0 Å². The van der Waals surface area contributed by atoms with Gasteiger partial charge in [-0.15, -0.1) is 0 Å². The second-order valence-electron chi connectivity index (χ2n) is 4.05. The Kier molecular flexibility index (Phi) is 5.79. The molecule has 0 atom stereocenters. The zero-order chi connectivity index (χ0) is 16.2. The lowest BCUT2D eigenvalue weighted by Gasteiger charge is -2.17. The second-order valence-corrected chi connectivity index (χ2v) is 4.81. The topological polar surface area (TPSA) is 62.3 Å². The Morgan fingerprint density at radius 2 is 2.00 bits per heavy atom. The van der Waals surface area contributed by atoms with Gasteiger partial charge in [-0.05, 0) is 6.07 Å². The van der Waals surface area contributed by atoms with Crippen LogP contribution in [0.4, 0.5) is 13.2 Å². The number of alkyl halides is 3. The Labute approximate surface area is 128 Å². The average Bonchev–Trinajstić information content (AvgIpc) is 2.38. The van der Waals surface area contributed by atoms with Gasteiger partial charge in [0.1, 0.15) is 11.7 Å². The largest absolute Gasteiger partial charge is 0.405 e. The Bertz CT molecular complexity index is 552. The van der Waals surface area contributed by atoms with E-state index < -0.39 is 31.1 Å². The van der Waals surface area contributed by atoms with E-state index in [0.29, 0.717) is 0 Å². The van der Waals surface area contributed by atoms with Gasteiger partial charge in [-0.25, -0.2) is 4.98 Å². The van der Waals surface area contributed by atoms with Crippen LogP contribution in [-0.2, 0) is 4.79 Å². The molecule has 0 saturated heterocycles. The zero-order valence-electron chi connectivity index (χ0n) is 10.7. The van der Waals surface area contributed by atoms with Crippen molar-refractivity contribution < 1.29 is 22.8 Å². The third-order valence-corrected chi connectivity index (χ3v) is 2.94. The van der Waals surface area contributed by atoms with Crippen LogP contribution in [0.1, 0.15) is 10.4 Å². The highest BCUT2D eigenvalue weighted by molar-refractivity contribution is 6.41. The summed E-state index contributed by atoms with van der Waals surface area (Å²) in [6.45, 7) is -1.99. The molecule has 1 heterocycles. The first-order valence-electron chi connectivity index (χ1n) is 5.50. The summed E-state index contributed by atoms with van der Waals surface area (Å²) in [5.74, 6) is -1.56. The lowest BCUT2D eigenvalue weighted by molar-refractivity contribution is -0.138. The van der Waals surface area contributed by atoms with Gasteiger partial charge in [-0.3, -0.25) is 9.59 Å². The first kappa shape index (κ1) is 17.5. The van der Waals surface area contributed by atoms with Gasteiger partial charge >= 0.3 is 6.18 Å². The van der Waals surface area contributed by atoms with E-state index in [2.05, 4.69) is 4.98 Å². The van der Waals surface area contributed by atoms with Gasteiger partial charge in [0, 0.05) is 13.2 Å². The molecule has 0 saturated carbocycles. The van der Waals surface area contributed by atoms with Crippen molar-refractivity contribution in [2.45, 2.75) is 6.18 Å². The number of carbonyl (C=O) groups is 2. The summed E-state index contributed by atoms with van der Waals surface area (Å²) in [5.41, 5.74) is 0.0653. The minimum Gasteiger partial charge on any atom is -0.345 e. The predicted octanol–water partition coefficient (Wildman–Crippen LogP) is 2.14. The maximum Gasteiger partial charge on any atom is 0.405 e. The Balaban J connectivity index is 2.62. The summed E-state index contributed by atoms with van der Waals surface area (Å²) in [7, 11) is 1.26. The van der Waals surface area contributed by atoms with E-state index in [1.54, 1.807) is 5.32 Å². The van der Waals surface area contributed by atoms with Crippen molar-refractivity contribution in [3.63, 3.8) is 0 Å². The van der Waals surface area contributed by atoms with Gasteiger partial charge in [-0.1, -0.05) is 23.2 Å². The fourth-order valence-electron chi connectivity index (χ4n) is 1.30. The number of hydrogen-bond acceptors (Lipinski definition) is 3.